The largest absolute Gasteiger partial charge is 0.396 e. The molecule has 4 aliphatic carbocycles. The van der Waals surface area contributed by atoms with E-state index in [9.17, 15) is 40.9 Å². The first kappa shape index (κ1) is 70.0. The number of hydrogen-bond donors (Lipinski definition) is 8. The molecular weight excluding hydrogens is 1100 g/mol. The van der Waals surface area contributed by atoms with Crippen LogP contribution in [0.1, 0.15) is 118 Å². The summed E-state index contributed by atoms with van der Waals surface area (Å²) in [4.78, 5) is 0. The normalized spacial score (nSPS) is 46.2. The van der Waals surface area contributed by atoms with Crippen molar-refractivity contribution in [3.05, 3.63) is 0 Å². The van der Waals surface area contributed by atoms with Gasteiger partial charge in [0.25, 0.3) is 0 Å². The van der Waals surface area contributed by atoms with Gasteiger partial charge in [-0.1, -0.05) is 53.9 Å². The minimum atomic E-state index is -1.25. The topological polar surface area (TPSA) is 282 Å². The number of aliphatic hydroxyl groups excluding tert-OH is 8. The first-order valence-corrected chi connectivity index (χ1v) is 32.7. The van der Waals surface area contributed by atoms with E-state index in [1.807, 2.05) is 0 Å². The van der Waals surface area contributed by atoms with Crippen molar-refractivity contribution in [1.29, 1.82) is 0 Å². The maximum absolute atomic E-state index is 11.3. The van der Waals surface area contributed by atoms with Gasteiger partial charge in [-0.05, 0) is 122 Å². The van der Waals surface area contributed by atoms with Crippen LogP contribution in [0.2, 0.25) is 0 Å². The van der Waals surface area contributed by atoms with Gasteiger partial charge < -0.3 is 102 Å². The number of methoxy groups -OCH3 is 5. The van der Waals surface area contributed by atoms with Gasteiger partial charge in [-0.2, -0.15) is 0 Å². The fourth-order valence-corrected chi connectivity index (χ4v) is 18.8. The maximum atomic E-state index is 11.3. The number of fused-ring (bicyclic) bond motifs is 5. The van der Waals surface area contributed by atoms with Crippen LogP contribution >= 0.6 is 0 Å². The van der Waals surface area contributed by atoms with E-state index >= 15 is 0 Å². The van der Waals surface area contributed by atoms with Crippen molar-refractivity contribution < 1.29 is 102 Å². The Bertz CT molecular complexity index is 1940. The fourth-order valence-electron chi connectivity index (χ4n) is 18.8. The average Bonchev–Trinajstić information content (AvgIpc) is 1.83. The van der Waals surface area contributed by atoms with Crippen LogP contribution in [0.3, 0.4) is 0 Å². The molecule has 8 N–H and O–H groups in total. The van der Waals surface area contributed by atoms with E-state index in [-0.39, 0.29) is 57.6 Å². The predicted octanol–water partition coefficient (Wildman–Crippen LogP) is 4.16. The van der Waals surface area contributed by atoms with Crippen molar-refractivity contribution in [3.8, 4) is 0 Å². The monoisotopic (exact) mass is 1220 g/mol. The standard InChI is InChI=1S/C64H114O21/c1-35(2)12-11-13-36(3)47-16-17-48-39-15-14-37-24-38(18-21-63(37,4)49(39)19-22-64(47,48)5)78-61-57(76-9)45(30-71)55(52(81-61)33-74-7)84-60-44(29-70)42(27-68)54(51(80-60)32-73-6)85-62-58(77-10)46(31-72)56(53(82-62)34-75-8)83-59-43(28-69)40(25-66)41(26-67)50(79-59)20-23-65/h35-62,65-72H,11-34H2,1-10H3. The molecular formula is C64H114O21. The van der Waals surface area contributed by atoms with Crippen molar-refractivity contribution >= 4 is 0 Å². The van der Waals surface area contributed by atoms with Gasteiger partial charge in [-0.15, -0.1) is 0 Å². The first-order valence-electron chi connectivity index (χ1n) is 32.7. The average molecular weight is 1220 g/mol. The Morgan fingerprint density at radius 2 is 0.918 bits per heavy atom. The molecule has 0 aromatic heterocycles. The first-order chi connectivity index (χ1) is 41.0. The molecule has 21 nitrogen and oxygen atoms in total. The van der Waals surface area contributed by atoms with Gasteiger partial charge in [0.1, 0.15) is 30.5 Å². The highest BCUT2D eigenvalue weighted by atomic mass is 16.8. The summed E-state index contributed by atoms with van der Waals surface area (Å²) in [7, 11) is 7.55. The third-order valence-corrected chi connectivity index (χ3v) is 23.3. The Kier molecular flexibility index (Phi) is 26.5. The molecule has 8 fully saturated rings. The zero-order chi connectivity index (χ0) is 61.3. The Morgan fingerprint density at radius 3 is 1.42 bits per heavy atom. The molecule has 496 valence electrons. The summed E-state index contributed by atoms with van der Waals surface area (Å²) in [6.07, 6.45) is 2.44. The van der Waals surface area contributed by atoms with E-state index in [0.717, 1.165) is 54.8 Å². The highest BCUT2D eigenvalue weighted by molar-refractivity contribution is 5.10. The van der Waals surface area contributed by atoms with Gasteiger partial charge in [0.2, 0.25) is 0 Å². The van der Waals surface area contributed by atoms with Crippen LogP contribution in [0.5, 0.6) is 0 Å². The van der Waals surface area contributed by atoms with Gasteiger partial charge >= 0.3 is 0 Å². The molecule has 29 unspecified atom stereocenters. The van der Waals surface area contributed by atoms with Gasteiger partial charge in [-0.25, -0.2) is 0 Å². The van der Waals surface area contributed by atoms with Gasteiger partial charge in [0, 0.05) is 97.5 Å². The molecule has 0 aromatic rings. The second-order valence-electron chi connectivity index (χ2n) is 27.9. The second kappa shape index (κ2) is 32.1. The lowest BCUT2D eigenvalue weighted by molar-refractivity contribution is -0.381. The predicted molar refractivity (Wildman–Crippen MR) is 310 cm³/mol. The van der Waals surface area contributed by atoms with Crippen molar-refractivity contribution in [2.75, 3.05) is 108 Å². The molecule has 0 bridgehead atoms. The van der Waals surface area contributed by atoms with Crippen molar-refractivity contribution in [2.45, 2.75) is 204 Å². The molecule has 29 atom stereocenters. The third kappa shape index (κ3) is 14.7. The lowest BCUT2D eigenvalue weighted by atomic mass is 9.44. The summed E-state index contributed by atoms with van der Waals surface area (Å²) in [5, 5.41) is 86.4. The number of ether oxygens (including phenoxy) is 13. The van der Waals surface area contributed by atoms with Crippen LogP contribution in [0.25, 0.3) is 0 Å². The maximum Gasteiger partial charge on any atom is 0.185 e. The van der Waals surface area contributed by atoms with Crippen molar-refractivity contribution in [1.82, 2.24) is 0 Å². The van der Waals surface area contributed by atoms with E-state index in [0.29, 0.717) is 11.3 Å². The zero-order valence-electron chi connectivity index (χ0n) is 53.0. The van der Waals surface area contributed by atoms with E-state index in [2.05, 4.69) is 34.6 Å². The van der Waals surface area contributed by atoms with E-state index in [1.54, 1.807) is 14.2 Å². The number of hydrogen-bond acceptors (Lipinski definition) is 21. The molecule has 21 heteroatoms. The summed E-state index contributed by atoms with van der Waals surface area (Å²) < 4.78 is 83.3. The van der Waals surface area contributed by atoms with E-state index in [4.69, 9.17) is 61.6 Å². The van der Waals surface area contributed by atoms with Crippen LogP contribution in [0.15, 0.2) is 0 Å². The number of rotatable bonds is 30. The number of aliphatic hydroxyl groups is 8. The lowest BCUT2D eigenvalue weighted by Crippen LogP contribution is -2.65. The van der Waals surface area contributed by atoms with Crippen LogP contribution in [-0.4, -0.2) is 235 Å². The van der Waals surface area contributed by atoms with E-state index in [1.165, 1.54) is 79.1 Å². The van der Waals surface area contributed by atoms with Gasteiger partial charge in [0.15, 0.2) is 25.2 Å². The zero-order valence-corrected chi connectivity index (χ0v) is 53.0. The summed E-state index contributed by atoms with van der Waals surface area (Å²) in [5.41, 5.74) is 0.700. The Labute approximate surface area is 507 Å². The quantitative estimate of drug-likeness (QED) is 0.0469. The summed E-state index contributed by atoms with van der Waals surface area (Å²) in [5.74, 6) is -0.149. The molecule has 0 amide bonds. The lowest BCUT2D eigenvalue weighted by Gasteiger charge is -2.61. The third-order valence-electron chi connectivity index (χ3n) is 23.3. The van der Waals surface area contributed by atoms with Gasteiger partial charge in [-0.3, -0.25) is 0 Å². The van der Waals surface area contributed by atoms with Crippen molar-refractivity contribution in [2.24, 2.45) is 93.7 Å². The molecule has 4 heterocycles. The Hall–Kier alpha value is -0.840. The van der Waals surface area contributed by atoms with Crippen LogP contribution < -0.4 is 0 Å². The fraction of sp³-hybridized carbons (Fsp3) is 1.00. The molecule has 0 radical (unpaired) electrons. The minimum absolute atomic E-state index is 0.0540. The molecule has 4 saturated carbocycles. The summed E-state index contributed by atoms with van der Waals surface area (Å²) in [6, 6.07) is 0. The molecule has 0 aromatic carbocycles. The van der Waals surface area contributed by atoms with Crippen LogP contribution in [0.4, 0.5) is 0 Å². The molecule has 0 spiro atoms. The second-order valence-corrected chi connectivity index (χ2v) is 27.9. The van der Waals surface area contributed by atoms with Crippen LogP contribution in [-0.2, 0) is 61.6 Å². The van der Waals surface area contributed by atoms with E-state index < -0.39 is 155 Å². The SMILES string of the molecule is COCC1OC(OC2C(COC)OC(OC3CCC4(C)C(CCC5C4CCC4(C)C(C(C)CCCC(C)C)CCC54)C3)C(OC)C2CO)C(CO)C(CO)C1OC1OC(COC)C(OC2OC(CCO)C(CO)C(CO)C2CO)C(CO)C1OC. The molecule has 4 aliphatic heterocycles. The van der Waals surface area contributed by atoms with Gasteiger partial charge in [0.05, 0.1) is 76.8 Å². The van der Waals surface area contributed by atoms with Crippen LogP contribution in [0, 0.1) is 93.7 Å². The molecule has 85 heavy (non-hydrogen) atoms. The summed E-state index contributed by atoms with van der Waals surface area (Å²) in [6.45, 7) is 9.14. The smallest absolute Gasteiger partial charge is 0.185 e. The highest BCUT2D eigenvalue weighted by Crippen LogP contribution is 2.69. The highest BCUT2D eigenvalue weighted by Gasteiger charge is 2.62. The minimum Gasteiger partial charge on any atom is -0.396 e. The Balaban J connectivity index is 0.942. The molecule has 4 saturated heterocycles. The Morgan fingerprint density at radius 1 is 0.447 bits per heavy atom. The molecule has 8 rings (SSSR count). The molecule has 8 aliphatic rings. The van der Waals surface area contributed by atoms with Crippen molar-refractivity contribution in [3.63, 3.8) is 0 Å². The summed E-state index contributed by atoms with van der Waals surface area (Å²) >= 11 is 0.